The van der Waals surface area contributed by atoms with Gasteiger partial charge in [-0.25, -0.2) is 0 Å². The number of benzene rings is 1. The number of rotatable bonds is 3. The molecule has 3 nitrogen and oxygen atoms in total. The summed E-state index contributed by atoms with van der Waals surface area (Å²) in [5, 5.41) is 9.31. The average Bonchev–Trinajstić information content (AvgIpc) is 2.16. The molecule has 0 bridgehead atoms. The molecule has 0 spiro atoms. The highest BCUT2D eigenvalue weighted by Crippen LogP contribution is 2.26. The molecule has 0 unspecified atom stereocenters. The van der Waals surface area contributed by atoms with E-state index in [4.69, 9.17) is 27.2 Å². The van der Waals surface area contributed by atoms with Crippen LogP contribution < -0.4 is 10.5 Å². The van der Waals surface area contributed by atoms with Crippen molar-refractivity contribution >= 4 is 11.6 Å². The van der Waals surface area contributed by atoms with Crippen LogP contribution in [0.1, 0.15) is 11.6 Å². The third kappa shape index (κ3) is 2.34. The van der Waals surface area contributed by atoms with E-state index in [9.17, 15) is 0 Å². The molecule has 13 heavy (non-hydrogen) atoms. The zero-order valence-electron chi connectivity index (χ0n) is 7.33. The van der Waals surface area contributed by atoms with Crippen molar-refractivity contribution in [3.05, 3.63) is 28.8 Å². The van der Waals surface area contributed by atoms with E-state index in [0.29, 0.717) is 10.8 Å². The summed E-state index contributed by atoms with van der Waals surface area (Å²) < 4.78 is 4.98. The van der Waals surface area contributed by atoms with Crippen molar-refractivity contribution in [1.29, 1.82) is 0 Å². The summed E-state index contributed by atoms with van der Waals surface area (Å²) in [6.07, 6.45) is 0. The number of hydrogen-bond acceptors (Lipinski definition) is 3. The van der Waals surface area contributed by atoms with Crippen LogP contribution in [0.4, 0.5) is 0 Å². The molecule has 4 heteroatoms. The van der Waals surface area contributed by atoms with Crippen molar-refractivity contribution in [2.45, 2.75) is 6.04 Å². The lowest BCUT2D eigenvalue weighted by atomic mass is 10.1. The average molecular weight is 202 g/mol. The lowest BCUT2D eigenvalue weighted by molar-refractivity contribution is 0.268. The highest BCUT2D eigenvalue weighted by Gasteiger charge is 2.07. The third-order valence-corrected chi connectivity index (χ3v) is 2.10. The number of halogens is 1. The van der Waals surface area contributed by atoms with Crippen molar-refractivity contribution in [3.63, 3.8) is 0 Å². The zero-order valence-corrected chi connectivity index (χ0v) is 8.08. The van der Waals surface area contributed by atoms with Crippen LogP contribution in [0, 0.1) is 0 Å². The summed E-state index contributed by atoms with van der Waals surface area (Å²) in [5.41, 5.74) is 6.40. The Kier molecular flexibility index (Phi) is 3.54. The van der Waals surface area contributed by atoms with Gasteiger partial charge in [0.1, 0.15) is 5.75 Å². The van der Waals surface area contributed by atoms with Crippen molar-refractivity contribution < 1.29 is 9.84 Å². The van der Waals surface area contributed by atoms with Crippen molar-refractivity contribution in [2.24, 2.45) is 5.73 Å². The highest BCUT2D eigenvalue weighted by molar-refractivity contribution is 6.32. The topological polar surface area (TPSA) is 55.5 Å². The van der Waals surface area contributed by atoms with E-state index in [0.717, 1.165) is 5.56 Å². The van der Waals surface area contributed by atoms with Crippen LogP contribution in [0.15, 0.2) is 18.2 Å². The van der Waals surface area contributed by atoms with E-state index in [1.54, 1.807) is 25.3 Å². The lowest BCUT2D eigenvalue weighted by Crippen LogP contribution is -2.14. The van der Waals surface area contributed by atoms with Gasteiger partial charge in [-0.15, -0.1) is 0 Å². The lowest BCUT2D eigenvalue weighted by Gasteiger charge is -2.10. The first-order chi connectivity index (χ1) is 6.19. The molecular weight excluding hydrogens is 190 g/mol. The normalized spacial score (nSPS) is 12.6. The van der Waals surface area contributed by atoms with Gasteiger partial charge in [0.25, 0.3) is 0 Å². The van der Waals surface area contributed by atoms with Gasteiger partial charge in [-0.05, 0) is 17.7 Å². The second-order valence-electron chi connectivity index (χ2n) is 2.68. The molecule has 0 saturated heterocycles. The van der Waals surface area contributed by atoms with Crippen molar-refractivity contribution in [2.75, 3.05) is 13.7 Å². The van der Waals surface area contributed by atoms with E-state index in [-0.39, 0.29) is 12.6 Å². The Balaban J connectivity index is 2.95. The molecule has 1 aromatic rings. The molecule has 0 heterocycles. The van der Waals surface area contributed by atoms with Gasteiger partial charge in [-0.3, -0.25) is 0 Å². The molecule has 0 amide bonds. The van der Waals surface area contributed by atoms with Gasteiger partial charge >= 0.3 is 0 Å². The Bertz CT molecular complexity index is 291. The maximum atomic E-state index is 8.81. The van der Waals surface area contributed by atoms with Crippen molar-refractivity contribution in [3.8, 4) is 5.75 Å². The molecule has 1 aromatic carbocycles. The Morgan fingerprint density at radius 1 is 1.62 bits per heavy atom. The van der Waals surface area contributed by atoms with E-state index in [2.05, 4.69) is 0 Å². The molecule has 0 radical (unpaired) electrons. The number of hydrogen-bond donors (Lipinski definition) is 2. The van der Waals surface area contributed by atoms with Crippen LogP contribution in [0.25, 0.3) is 0 Å². The summed E-state index contributed by atoms with van der Waals surface area (Å²) in [7, 11) is 1.55. The number of nitrogens with two attached hydrogens (primary N) is 1. The van der Waals surface area contributed by atoms with Crippen LogP contribution in [0.3, 0.4) is 0 Å². The molecule has 0 aliphatic carbocycles. The van der Waals surface area contributed by atoms with Crippen LogP contribution in [0.2, 0.25) is 5.02 Å². The number of aliphatic hydroxyl groups excluding tert-OH is 1. The van der Waals surface area contributed by atoms with Gasteiger partial charge in [0.2, 0.25) is 0 Å². The first-order valence-electron chi connectivity index (χ1n) is 3.89. The van der Waals surface area contributed by atoms with Crippen molar-refractivity contribution in [1.82, 2.24) is 0 Å². The highest BCUT2D eigenvalue weighted by atomic mass is 35.5. The quantitative estimate of drug-likeness (QED) is 0.776. The van der Waals surface area contributed by atoms with Crippen LogP contribution in [0.5, 0.6) is 5.75 Å². The van der Waals surface area contributed by atoms with Gasteiger partial charge in [-0.1, -0.05) is 17.7 Å². The summed E-state index contributed by atoms with van der Waals surface area (Å²) in [6, 6.07) is 4.82. The molecular formula is C9H12ClNO2. The minimum absolute atomic E-state index is 0.0946. The molecule has 0 fully saturated rings. The number of aliphatic hydroxyl groups is 1. The van der Waals surface area contributed by atoms with Crippen LogP contribution >= 0.6 is 11.6 Å². The van der Waals surface area contributed by atoms with Gasteiger partial charge in [-0.2, -0.15) is 0 Å². The Morgan fingerprint density at radius 3 is 2.77 bits per heavy atom. The maximum absolute atomic E-state index is 8.81. The zero-order chi connectivity index (χ0) is 9.84. The molecule has 3 N–H and O–H groups in total. The number of ether oxygens (including phenoxy) is 1. The first-order valence-corrected chi connectivity index (χ1v) is 4.26. The van der Waals surface area contributed by atoms with Crippen LogP contribution in [-0.4, -0.2) is 18.8 Å². The molecule has 0 aliphatic heterocycles. The van der Waals surface area contributed by atoms with Gasteiger partial charge in [0, 0.05) is 0 Å². The second kappa shape index (κ2) is 4.46. The van der Waals surface area contributed by atoms with E-state index in [1.807, 2.05) is 0 Å². The summed E-state index contributed by atoms with van der Waals surface area (Å²) in [4.78, 5) is 0. The monoisotopic (exact) mass is 201 g/mol. The summed E-state index contributed by atoms with van der Waals surface area (Å²) in [5.74, 6) is 0.607. The molecule has 1 atom stereocenters. The Hall–Kier alpha value is -0.770. The molecule has 72 valence electrons. The Morgan fingerprint density at radius 2 is 2.31 bits per heavy atom. The molecule has 1 rings (SSSR count). The fourth-order valence-corrected chi connectivity index (χ4v) is 1.28. The van der Waals surface area contributed by atoms with Gasteiger partial charge in [0.05, 0.1) is 24.8 Å². The predicted molar refractivity (Wildman–Crippen MR) is 52.0 cm³/mol. The fourth-order valence-electron chi connectivity index (χ4n) is 1.02. The standard InChI is InChI=1S/C9H12ClNO2/c1-13-9-3-2-6(4-7(9)10)8(11)5-12/h2-4,8,12H,5,11H2,1H3/t8-/m0/s1. The van der Waals surface area contributed by atoms with Gasteiger partial charge in [0.15, 0.2) is 0 Å². The molecule has 0 saturated carbocycles. The smallest absolute Gasteiger partial charge is 0.137 e. The maximum Gasteiger partial charge on any atom is 0.137 e. The van der Waals surface area contributed by atoms with Crippen LogP contribution in [-0.2, 0) is 0 Å². The minimum atomic E-state index is -0.386. The SMILES string of the molecule is COc1ccc([C@@H](N)CO)cc1Cl. The van der Waals surface area contributed by atoms with E-state index in [1.165, 1.54) is 0 Å². The molecule has 0 aliphatic rings. The first kappa shape index (κ1) is 10.3. The van der Waals surface area contributed by atoms with E-state index < -0.39 is 0 Å². The predicted octanol–water partition coefficient (Wildman–Crippen LogP) is 1.34. The molecule has 0 aromatic heterocycles. The largest absolute Gasteiger partial charge is 0.495 e. The minimum Gasteiger partial charge on any atom is -0.495 e. The fraction of sp³-hybridized carbons (Fsp3) is 0.333. The summed E-state index contributed by atoms with van der Waals surface area (Å²) in [6.45, 7) is -0.0946. The number of methoxy groups -OCH3 is 1. The Labute approximate surface area is 82.1 Å². The van der Waals surface area contributed by atoms with Gasteiger partial charge < -0.3 is 15.6 Å². The third-order valence-electron chi connectivity index (χ3n) is 1.80. The summed E-state index contributed by atoms with van der Waals surface area (Å²) >= 11 is 5.87. The van der Waals surface area contributed by atoms with E-state index >= 15 is 0 Å². The second-order valence-corrected chi connectivity index (χ2v) is 3.09.